The van der Waals surface area contributed by atoms with Crippen LogP contribution >= 0.6 is 0 Å². The second kappa shape index (κ2) is 8.41. The van der Waals surface area contributed by atoms with E-state index in [-0.39, 0.29) is 11.6 Å². The largest absolute Gasteiger partial charge is 0.489 e. The number of nitrogens with zero attached hydrogens (tertiary/aromatic N) is 1. The highest BCUT2D eigenvalue weighted by atomic mass is 19.1. The van der Waals surface area contributed by atoms with E-state index < -0.39 is 0 Å². The zero-order valence-electron chi connectivity index (χ0n) is 14.5. The third-order valence-electron chi connectivity index (χ3n) is 4.63. The van der Waals surface area contributed by atoms with E-state index in [9.17, 15) is 8.78 Å². The predicted octanol–water partition coefficient (Wildman–Crippen LogP) is 3.73. The average molecular weight is 346 g/mol. The SMILES string of the molecule is CN1CCC(NCc2cc(F)ccc2OCc2ccc(F)cc2)CC1. The van der Waals surface area contributed by atoms with E-state index in [1.54, 1.807) is 18.2 Å². The standard InChI is InChI=1S/C20H24F2N2O/c1-24-10-8-19(9-11-24)23-13-16-12-18(22)6-7-20(16)25-14-15-2-4-17(21)5-3-15/h2-7,12,19,23H,8-11,13-14H2,1H3. The Morgan fingerprint density at radius 2 is 1.72 bits per heavy atom. The third-order valence-corrected chi connectivity index (χ3v) is 4.63. The Bertz CT molecular complexity index is 683. The molecule has 0 unspecified atom stereocenters. The van der Waals surface area contributed by atoms with Gasteiger partial charge in [-0.3, -0.25) is 0 Å². The van der Waals surface area contributed by atoms with Crippen molar-refractivity contribution in [2.75, 3.05) is 20.1 Å². The molecule has 3 nitrogen and oxygen atoms in total. The van der Waals surface area contributed by atoms with Crippen LogP contribution in [0.2, 0.25) is 0 Å². The molecule has 1 N–H and O–H groups in total. The molecule has 2 aromatic rings. The minimum absolute atomic E-state index is 0.269. The van der Waals surface area contributed by atoms with Gasteiger partial charge in [-0.15, -0.1) is 0 Å². The molecule has 1 fully saturated rings. The number of benzene rings is 2. The lowest BCUT2D eigenvalue weighted by Crippen LogP contribution is -2.40. The summed E-state index contributed by atoms with van der Waals surface area (Å²) in [7, 11) is 2.13. The molecule has 1 saturated heterocycles. The second-order valence-electron chi connectivity index (χ2n) is 6.63. The Morgan fingerprint density at radius 1 is 1.04 bits per heavy atom. The molecule has 0 spiro atoms. The lowest BCUT2D eigenvalue weighted by atomic mass is 10.0. The molecule has 25 heavy (non-hydrogen) atoms. The van der Waals surface area contributed by atoms with Gasteiger partial charge >= 0.3 is 0 Å². The summed E-state index contributed by atoms with van der Waals surface area (Å²) >= 11 is 0. The van der Waals surface area contributed by atoms with Crippen LogP contribution in [0.25, 0.3) is 0 Å². The van der Waals surface area contributed by atoms with Crippen LogP contribution in [0.5, 0.6) is 5.75 Å². The van der Waals surface area contributed by atoms with Gasteiger partial charge in [0.2, 0.25) is 0 Å². The Labute approximate surface area is 147 Å². The number of piperidine rings is 1. The molecular weight excluding hydrogens is 322 g/mol. The smallest absolute Gasteiger partial charge is 0.124 e. The van der Waals surface area contributed by atoms with Crippen molar-refractivity contribution >= 4 is 0 Å². The van der Waals surface area contributed by atoms with Gasteiger partial charge in [0.15, 0.2) is 0 Å². The van der Waals surface area contributed by atoms with Crippen LogP contribution in [0.3, 0.4) is 0 Å². The summed E-state index contributed by atoms with van der Waals surface area (Å²) in [5, 5.41) is 3.51. The molecule has 134 valence electrons. The van der Waals surface area contributed by atoms with Crippen LogP contribution in [-0.2, 0) is 13.2 Å². The van der Waals surface area contributed by atoms with Crippen molar-refractivity contribution in [3.8, 4) is 5.75 Å². The number of likely N-dealkylation sites (tertiary alicyclic amines) is 1. The number of hydrogen-bond donors (Lipinski definition) is 1. The van der Waals surface area contributed by atoms with E-state index >= 15 is 0 Å². The maximum atomic E-state index is 13.6. The summed E-state index contributed by atoms with van der Waals surface area (Å²) in [5.41, 5.74) is 1.68. The number of ether oxygens (including phenoxy) is 1. The first kappa shape index (κ1) is 17.8. The van der Waals surface area contributed by atoms with Gasteiger partial charge < -0.3 is 15.0 Å². The Balaban J connectivity index is 1.60. The van der Waals surface area contributed by atoms with Gasteiger partial charge in [0.05, 0.1) is 0 Å². The quantitative estimate of drug-likeness (QED) is 0.863. The highest BCUT2D eigenvalue weighted by Gasteiger charge is 2.16. The topological polar surface area (TPSA) is 24.5 Å². The van der Waals surface area contributed by atoms with Crippen molar-refractivity contribution < 1.29 is 13.5 Å². The number of rotatable bonds is 6. The minimum Gasteiger partial charge on any atom is -0.489 e. The molecule has 1 aliphatic heterocycles. The summed E-state index contributed by atoms with van der Waals surface area (Å²) in [4.78, 5) is 2.32. The first-order chi connectivity index (χ1) is 12.1. The van der Waals surface area contributed by atoms with Crippen molar-refractivity contribution in [1.29, 1.82) is 0 Å². The normalized spacial score (nSPS) is 16.1. The lowest BCUT2D eigenvalue weighted by molar-refractivity contribution is 0.233. The molecule has 0 radical (unpaired) electrons. The minimum atomic E-state index is -0.270. The summed E-state index contributed by atoms with van der Waals surface area (Å²) in [5.74, 6) is 0.119. The molecular formula is C20H24F2N2O. The van der Waals surface area contributed by atoms with Crippen LogP contribution in [-0.4, -0.2) is 31.1 Å². The van der Waals surface area contributed by atoms with Gasteiger partial charge in [-0.1, -0.05) is 12.1 Å². The van der Waals surface area contributed by atoms with E-state index in [0.29, 0.717) is 24.9 Å². The molecule has 0 bridgehead atoms. The van der Waals surface area contributed by atoms with Crippen LogP contribution in [0.15, 0.2) is 42.5 Å². The maximum absolute atomic E-state index is 13.6. The fourth-order valence-electron chi connectivity index (χ4n) is 3.04. The summed E-state index contributed by atoms with van der Waals surface area (Å²) in [6.45, 7) is 3.06. The van der Waals surface area contributed by atoms with Crippen LogP contribution in [0, 0.1) is 11.6 Å². The molecule has 0 amide bonds. The van der Waals surface area contributed by atoms with E-state index in [2.05, 4.69) is 17.3 Å². The maximum Gasteiger partial charge on any atom is 0.124 e. The highest BCUT2D eigenvalue weighted by Crippen LogP contribution is 2.22. The first-order valence-corrected chi connectivity index (χ1v) is 8.68. The summed E-state index contributed by atoms with van der Waals surface area (Å²) < 4.78 is 32.4. The highest BCUT2D eigenvalue weighted by molar-refractivity contribution is 5.34. The lowest BCUT2D eigenvalue weighted by Gasteiger charge is -2.29. The van der Waals surface area contributed by atoms with Crippen LogP contribution < -0.4 is 10.1 Å². The molecule has 0 atom stereocenters. The van der Waals surface area contributed by atoms with E-state index in [4.69, 9.17) is 4.74 Å². The van der Waals surface area contributed by atoms with E-state index in [1.165, 1.54) is 24.3 Å². The monoisotopic (exact) mass is 346 g/mol. The third kappa shape index (κ3) is 5.25. The summed E-state index contributed by atoms with van der Waals surface area (Å²) in [6.07, 6.45) is 2.19. The van der Waals surface area contributed by atoms with Gasteiger partial charge in [0.1, 0.15) is 24.0 Å². The molecule has 3 rings (SSSR count). The zero-order valence-corrected chi connectivity index (χ0v) is 14.5. The number of halogens is 2. The van der Waals surface area contributed by atoms with E-state index in [0.717, 1.165) is 37.1 Å². The van der Waals surface area contributed by atoms with Crippen molar-refractivity contribution in [1.82, 2.24) is 10.2 Å². The van der Waals surface area contributed by atoms with Gasteiger partial charge in [0, 0.05) is 18.2 Å². The first-order valence-electron chi connectivity index (χ1n) is 8.68. The van der Waals surface area contributed by atoms with E-state index in [1.807, 2.05) is 0 Å². The predicted molar refractivity (Wildman–Crippen MR) is 94.5 cm³/mol. The molecule has 0 aromatic heterocycles. The average Bonchev–Trinajstić information content (AvgIpc) is 2.62. The molecule has 0 aliphatic carbocycles. The number of nitrogens with one attached hydrogen (secondary N) is 1. The fourth-order valence-corrected chi connectivity index (χ4v) is 3.04. The zero-order chi connectivity index (χ0) is 17.6. The van der Waals surface area contributed by atoms with Gasteiger partial charge in [-0.25, -0.2) is 8.78 Å². The van der Waals surface area contributed by atoms with Crippen LogP contribution in [0.4, 0.5) is 8.78 Å². The van der Waals surface area contributed by atoms with Crippen molar-refractivity contribution in [2.45, 2.75) is 32.0 Å². The van der Waals surface area contributed by atoms with Gasteiger partial charge in [-0.05, 0) is 68.9 Å². The van der Waals surface area contributed by atoms with Gasteiger partial charge in [-0.2, -0.15) is 0 Å². The second-order valence-corrected chi connectivity index (χ2v) is 6.63. The molecule has 2 aromatic carbocycles. The Hall–Kier alpha value is -1.98. The molecule has 1 aliphatic rings. The Morgan fingerprint density at radius 3 is 2.44 bits per heavy atom. The fraction of sp³-hybridized carbons (Fsp3) is 0.400. The van der Waals surface area contributed by atoms with Crippen LogP contribution in [0.1, 0.15) is 24.0 Å². The number of hydrogen-bond acceptors (Lipinski definition) is 3. The van der Waals surface area contributed by atoms with Gasteiger partial charge in [0.25, 0.3) is 0 Å². The summed E-state index contributed by atoms with van der Waals surface area (Å²) in [6, 6.07) is 11.2. The van der Waals surface area contributed by atoms with Crippen molar-refractivity contribution in [3.05, 3.63) is 65.2 Å². The van der Waals surface area contributed by atoms with Crippen molar-refractivity contribution in [2.24, 2.45) is 0 Å². The van der Waals surface area contributed by atoms with Crippen molar-refractivity contribution in [3.63, 3.8) is 0 Å². The molecule has 5 heteroatoms. The molecule has 1 heterocycles. The molecule has 0 saturated carbocycles. The Kier molecular flexibility index (Phi) is 6.00.